The van der Waals surface area contributed by atoms with Gasteiger partial charge in [0, 0.05) is 30.5 Å². The van der Waals surface area contributed by atoms with Crippen LogP contribution < -0.4 is 0 Å². The zero-order valence-corrected chi connectivity index (χ0v) is 8.80. The van der Waals surface area contributed by atoms with Crippen molar-refractivity contribution in [2.45, 2.75) is 12.3 Å². The Morgan fingerprint density at radius 2 is 2.50 bits per heavy atom. The zero-order chi connectivity index (χ0) is 11.0. The summed E-state index contributed by atoms with van der Waals surface area (Å²) in [7, 11) is 0. The molecule has 2 aromatic heterocycles. The molecule has 16 heavy (non-hydrogen) atoms. The fourth-order valence-electron chi connectivity index (χ4n) is 2.06. The Morgan fingerprint density at radius 1 is 1.56 bits per heavy atom. The Morgan fingerprint density at radius 3 is 3.25 bits per heavy atom. The normalized spacial score (nSPS) is 20.4. The van der Waals surface area contributed by atoms with Crippen molar-refractivity contribution >= 4 is 11.9 Å². The number of carbonyl (C=O) groups is 1. The highest BCUT2D eigenvalue weighted by Crippen LogP contribution is 2.24. The maximum absolute atomic E-state index is 10.7. The number of carbonyl (C=O) groups excluding carboxylic acids is 1. The van der Waals surface area contributed by atoms with Gasteiger partial charge in [-0.1, -0.05) is 0 Å². The molecular formula is C12H12N2O2. The maximum Gasteiger partial charge on any atom is 0.150 e. The van der Waals surface area contributed by atoms with Gasteiger partial charge in [0.15, 0.2) is 0 Å². The average molecular weight is 216 g/mol. The molecule has 0 N–H and O–H groups in total. The smallest absolute Gasteiger partial charge is 0.150 e. The second-order valence-electron chi connectivity index (χ2n) is 4.07. The number of fused-ring (bicyclic) bond motifs is 1. The lowest BCUT2D eigenvalue weighted by atomic mass is 10.1. The van der Waals surface area contributed by atoms with E-state index in [0.29, 0.717) is 11.5 Å². The van der Waals surface area contributed by atoms with Crippen molar-refractivity contribution in [1.82, 2.24) is 9.38 Å². The third-order valence-electron chi connectivity index (χ3n) is 2.99. The van der Waals surface area contributed by atoms with Gasteiger partial charge in [-0.05, 0) is 18.6 Å². The quantitative estimate of drug-likeness (QED) is 0.717. The molecule has 0 bridgehead atoms. The lowest BCUT2D eigenvalue weighted by molar-refractivity contribution is 0.112. The monoisotopic (exact) mass is 216 g/mol. The molecule has 4 nitrogen and oxygen atoms in total. The van der Waals surface area contributed by atoms with E-state index < -0.39 is 0 Å². The molecule has 4 heteroatoms. The summed E-state index contributed by atoms with van der Waals surface area (Å²) in [6.07, 6.45) is 5.76. The second-order valence-corrected chi connectivity index (χ2v) is 4.07. The number of ether oxygens (including phenoxy) is 1. The molecular weight excluding hydrogens is 204 g/mol. The Hall–Kier alpha value is -1.68. The Bertz CT molecular complexity index is 527. The van der Waals surface area contributed by atoms with Crippen LogP contribution in [-0.4, -0.2) is 28.9 Å². The third kappa shape index (κ3) is 1.51. The Balaban J connectivity index is 2.04. The standard InChI is InChI=1S/C12H12N2O2/c15-7-9-1-3-14-6-11(13-12(14)5-9)10-2-4-16-8-10/h1,3,5-7,10H,2,4,8H2. The van der Waals surface area contributed by atoms with E-state index >= 15 is 0 Å². The number of aldehydes is 1. The Kier molecular flexibility index (Phi) is 2.22. The van der Waals surface area contributed by atoms with Crippen LogP contribution in [0, 0.1) is 0 Å². The first kappa shape index (κ1) is 9.54. The van der Waals surface area contributed by atoms with Crippen LogP contribution in [0.2, 0.25) is 0 Å². The number of nitrogens with zero attached hydrogens (tertiary/aromatic N) is 2. The first-order valence-corrected chi connectivity index (χ1v) is 5.38. The molecule has 1 aliphatic rings. The Labute approximate surface area is 92.9 Å². The summed E-state index contributed by atoms with van der Waals surface area (Å²) in [6, 6.07) is 3.59. The number of hydrogen-bond acceptors (Lipinski definition) is 3. The highest BCUT2D eigenvalue weighted by atomic mass is 16.5. The van der Waals surface area contributed by atoms with Crippen molar-refractivity contribution in [2.24, 2.45) is 0 Å². The van der Waals surface area contributed by atoms with Gasteiger partial charge in [-0.2, -0.15) is 0 Å². The van der Waals surface area contributed by atoms with Crippen LogP contribution in [-0.2, 0) is 4.74 Å². The van der Waals surface area contributed by atoms with Crippen LogP contribution in [0.1, 0.15) is 28.4 Å². The van der Waals surface area contributed by atoms with Crippen LogP contribution in [0.4, 0.5) is 0 Å². The maximum atomic E-state index is 10.7. The van der Waals surface area contributed by atoms with Crippen LogP contribution in [0.5, 0.6) is 0 Å². The predicted octanol–water partition coefficient (Wildman–Crippen LogP) is 1.65. The van der Waals surface area contributed by atoms with Gasteiger partial charge in [0.2, 0.25) is 0 Å². The van der Waals surface area contributed by atoms with Crippen molar-refractivity contribution in [3.05, 3.63) is 35.8 Å². The van der Waals surface area contributed by atoms with Gasteiger partial charge >= 0.3 is 0 Å². The largest absolute Gasteiger partial charge is 0.381 e. The number of pyridine rings is 1. The van der Waals surface area contributed by atoms with Crippen molar-refractivity contribution in [3.63, 3.8) is 0 Å². The molecule has 0 aromatic carbocycles. The van der Waals surface area contributed by atoms with E-state index in [1.165, 1.54) is 0 Å². The summed E-state index contributed by atoms with van der Waals surface area (Å²) in [5.41, 5.74) is 2.54. The lowest BCUT2D eigenvalue weighted by Gasteiger charge is -2.00. The minimum Gasteiger partial charge on any atom is -0.381 e. The van der Waals surface area contributed by atoms with Crippen LogP contribution in [0.15, 0.2) is 24.5 Å². The van der Waals surface area contributed by atoms with Gasteiger partial charge in [0.05, 0.1) is 12.3 Å². The van der Waals surface area contributed by atoms with Gasteiger partial charge in [-0.3, -0.25) is 4.79 Å². The fourth-order valence-corrected chi connectivity index (χ4v) is 2.06. The molecule has 0 amide bonds. The number of imidazole rings is 1. The van der Waals surface area contributed by atoms with Crippen LogP contribution in [0.25, 0.3) is 5.65 Å². The van der Waals surface area contributed by atoms with Crippen molar-refractivity contribution in [1.29, 1.82) is 0 Å². The van der Waals surface area contributed by atoms with Gasteiger partial charge in [-0.25, -0.2) is 4.98 Å². The molecule has 1 unspecified atom stereocenters. The highest BCUT2D eigenvalue weighted by Gasteiger charge is 2.20. The first-order valence-electron chi connectivity index (χ1n) is 5.38. The molecule has 1 atom stereocenters. The molecule has 0 saturated carbocycles. The number of aromatic nitrogens is 2. The summed E-state index contributed by atoms with van der Waals surface area (Å²) in [6.45, 7) is 1.57. The summed E-state index contributed by atoms with van der Waals surface area (Å²) in [5.74, 6) is 0.402. The van der Waals surface area contributed by atoms with Crippen molar-refractivity contribution in [2.75, 3.05) is 13.2 Å². The molecule has 1 saturated heterocycles. The lowest BCUT2D eigenvalue weighted by Crippen LogP contribution is -1.96. The summed E-state index contributed by atoms with van der Waals surface area (Å²) >= 11 is 0. The molecule has 0 aliphatic carbocycles. The minimum absolute atomic E-state index is 0.402. The van der Waals surface area contributed by atoms with E-state index in [1.807, 2.05) is 16.8 Å². The average Bonchev–Trinajstić information content (AvgIpc) is 2.96. The molecule has 2 aromatic rings. The van der Waals surface area contributed by atoms with Gasteiger partial charge < -0.3 is 9.14 Å². The fraction of sp³-hybridized carbons (Fsp3) is 0.333. The minimum atomic E-state index is 0.402. The molecule has 1 fully saturated rings. The van der Waals surface area contributed by atoms with E-state index in [1.54, 1.807) is 12.1 Å². The van der Waals surface area contributed by atoms with Crippen molar-refractivity contribution < 1.29 is 9.53 Å². The third-order valence-corrected chi connectivity index (χ3v) is 2.99. The molecule has 3 heterocycles. The summed E-state index contributed by atoms with van der Waals surface area (Å²) < 4.78 is 7.29. The zero-order valence-electron chi connectivity index (χ0n) is 8.80. The number of rotatable bonds is 2. The second kappa shape index (κ2) is 3.72. The summed E-state index contributed by atoms with van der Waals surface area (Å²) in [4.78, 5) is 15.2. The number of hydrogen-bond donors (Lipinski definition) is 0. The van der Waals surface area contributed by atoms with Gasteiger partial charge in [0.1, 0.15) is 11.9 Å². The predicted molar refractivity (Wildman–Crippen MR) is 58.8 cm³/mol. The van der Waals surface area contributed by atoms with Crippen molar-refractivity contribution in [3.8, 4) is 0 Å². The molecule has 0 spiro atoms. The molecule has 0 radical (unpaired) electrons. The van der Waals surface area contributed by atoms with Crippen LogP contribution >= 0.6 is 0 Å². The molecule has 82 valence electrons. The van der Waals surface area contributed by atoms with Gasteiger partial charge in [0.25, 0.3) is 0 Å². The highest BCUT2D eigenvalue weighted by molar-refractivity contribution is 5.76. The van der Waals surface area contributed by atoms with E-state index in [4.69, 9.17) is 4.74 Å². The SMILES string of the molecule is O=Cc1ccn2cc(C3CCOC3)nc2c1. The topological polar surface area (TPSA) is 43.6 Å². The van der Waals surface area contributed by atoms with Crippen LogP contribution in [0.3, 0.4) is 0 Å². The van der Waals surface area contributed by atoms with E-state index in [9.17, 15) is 4.79 Å². The van der Waals surface area contributed by atoms with E-state index in [2.05, 4.69) is 4.98 Å². The molecule has 1 aliphatic heterocycles. The molecule has 3 rings (SSSR count). The van der Waals surface area contributed by atoms with E-state index in [-0.39, 0.29) is 0 Å². The van der Waals surface area contributed by atoms with E-state index in [0.717, 1.165) is 37.3 Å². The first-order chi connectivity index (χ1) is 7.86. The summed E-state index contributed by atoms with van der Waals surface area (Å²) in [5, 5.41) is 0. The van der Waals surface area contributed by atoms with Gasteiger partial charge in [-0.15, -0.1) is 0 Å².